The maximum Gasteiger partial charge on any atom is 0.260 e. The van der Waals surface area contributed by atoms with Crippen molar-refractivity contribution in [2.75, 3.05) is 69.3 Å². The number of nitrogens with one attached hydrogen (secondary N) is 1. The van der Waals surface area contributed by atoms with Crippen molar-refractivity contribution in [3.05, 3.63) is 94.8 Å². The molecule has 56 heavy (non-hydrogen) atoms. The molecule has 0 radical (unpaired) electrons. The number of fused-ring (bicyclic) bond motifs is 2. The first kappa shape index (κ1) is 42.2. The summed E-state index contributed by atoms with van der Waals surface area (Å²) in [6.07, 6.45) is 13.7. The van der Waals surface area contributed by atoms with E-state index in [2.05, 4.69) is 93.5 Å². The molecule has 1 aromatic heterocycles. The molecule has 2 aromatic carbocycles. The van der Waals surface area contributed by atoms with Gasteiger partial charge in [-0.05, 0) is 97.0 Å². The molecule has 8 nitrogen and oxygen atoms in total. The smallest absolute Gasteiger partial charge is 0.260 e. The third-order valence-electron chi connectivity index (χ3n) is 12.6. The molecule has 4 heterocycles. The summed E-state index contributed by atoms with van der Waals surface area (Å²) in [5, 5.41) is 0.980. The van der Waals surface area contributed by atoms with E-state index in [-0.39, 0.29) is 17.1 Å². The zero-order chi connectivity index (χ0) is 39.8. The van der Waals surface area contributed by atoms with Crippen molar-refractivity contribution in [2.24, 2.45) is 17.8 Å². The number of carbonyl (C=O) groups excluding carboxylic acids is 1. The van der Waals surface area contributed by atoms with Crippen LogP contribution in [0.25, 0.3) is 0 Å². The summed E-state index contributed by atoms with van der Waals surface area (Å²) in [5.74, 6) is 6.44. The van der Waals surface area contributed by atoms with Gasteiger partial charge in [-0.1, -0.05) is 87.4 Å². The zero-order valence-corrected chi connectivity index (χ0v) is 36.1. The number of ether oxygens (including phenoxy) is 2. The zero-order valence-electron chi connectivity index (χ0n) is 34.5. The standard InChI is InChI=1S/C44H58ClN5O3S.C2H6/c1-6-8-33-25-37(45)12-13-39(33)36-28-50-27-35-10-14-40(35)44(52-4,30-48-21-23-49(24-22-48)38-16-19-46-20-17-38)18-7-9-31(2)32(3)54(5)47-43(51)34-11-15-42(53-29-36)41(50)26-34;1-2/h7,11-13,15-20,25-26,31-32,35-36,40H,5-6,8-10,14,21-24,27-30H2,1-4H3,(H,47,51);1-2H3/b18-7+;. The number of halogens is 1. The molecular weight excluding hydrogens is 738 g/mol. The second-order valence-corrected chi connectivity index (χ2v) is 18.2. The van der Waals surface area contributed by atoms with Gasteiger partial charge in [0.1, 0.15) is 11.4 Å². The number of benzene rings is 2. The number of aromatic nitrogens is 1. The monoisotopic (exact) mass is 801 g/mol. The lowest BCUT2D eigenvalue weighted by Crippen LogP contribution is -2.58. The lowest BCUT2D eigenvalue weighted by Gasteiger charge is -2.52. The Kier molecular flexibility index (Phi) is 14.6. The molecule has 7 unspecified atom stereocenters. The van der Waals surface area contributed by atoms with Gasteiger partial charge in [0.05, 0.1) is 12.3 Å². The Balaban J connectivity index is 0.00000262. The van der Waals surface area contributed by atoms with Gasteiger partial charge in [0.25, 0.3) is 5.91 Å². The van der Waals surface area contributed by atoms with E-state index in [0.29, 0.717) is 29.9 Å². The van der Waals surface area contributed by atoms with Gasteiger partial charge in [0.15, 0.2) is 0 Å². The third-order valence-corrected chi connectivity index (χ3v) is 14.7. The number of anilines is 2. The van der Waals surface area contributed by atoms with E-state index in [1.165, 1.54) is 16.8 Å². The highest BCUT2D eigenvalue weighted by Crippen LogP contribution is 2.47. The minimum absolute atomic E-state index is 0.0783. The van der Waals surface area contributed by atoms with Crippen LogP contribution in [0.15, 0.2) is 73.1 Å². The molecule has 0 spiro atoms. The maximum absolute atomic E-state index is 13.8. The average molecular weight is 803 g/mol. The molecule has 4 aliphatic rings. The molecule has 3 aliphatic heterocycles. The summed E-state index contributed by atoms with van der Waals surface area (Å²) >= 11 is 6.53. The molecular formula is C46H64ClN5O3S. The van der Waals surface area contributed by atoms with Crippen LogP contribution in [0.3, 0.4) is 0 Å². The van der Waals surface area contributed by atoms with Crippen molar-refractivity contribution in [1.29, 1.82) is 0 Å². The number of hydrogen-bond donors (Lipinski definition) is 1. The van der Waals surface area contributed by atoms with E-state index >= 15 is 0 Å². The maximum atomic E-state index is 13.8. The van der Waals surface area contributed by atoms with E-state index in [0.717, 1.165) is 94.4 Å². The van der Waals surface area contributed by atoms with Crippen molar-refractivity contribution in [3.8, 4) is 5.75 Å². The normalized spacial score (nSPS) is 29.0. The lowest BCUT2D eigenvalue weighted by atomic mass is 9.63. The van der Waals surface area contributed by atoms with Gasteiger partial charge in [0, 0.05) is 92.8 Å². The predicted octanol–water partition coefficient (Wildman–Crippen LogP) is 9.26. The van der Waals surface area contributed by atoms with E-state index in [9.17, 15) is 4.79 Å². The Morgan fingerprint density at radius 3 is 2.48 bits per heavy atom. The van der Waals surface area contributed by atoms with E-state index in [1.807, 2.05) is 51.6 Å². The predicted molar refractivity (Wildman–Crippen MR) is 237 cm³/mol. The lowest BCUT2D eigenvalue weighted by molar-refractivity contribution is -0.0919. The second kappa shape index (κ2) is 19.4. The van der Waals surface area contributed by atoms with Gasteiger partial charge in [-0.15, -0.1) is 0 Å². The molecule has 10 heteroatoms. The summed E-state index contributed by atoms with van der Waals surface area (Å²) in [4.78, 5) is 25.6. The Morgan fingerprint density at radius 2 is 1.79 bits per heavy atom. The summed E-state index contributed by atoms with van der Waals surface area (Å²) in [6.45, 7) is 17.7. The van der Waals surface area contributed by atoms with E-state index < -0.39 is 16.3 Å². The van der Waals surface area contributed by atoms with Gasteiger partial charge in [-0.2, -0.15) is 0 Å². The number of rotatable bonds is 7. The number of nitrogens with zero attached hydrogens (tertiary/aromatic N) is 4. The third kappa shape index (κ3) is 9.49. The molecule has 1 saturated carbocycles. The second-order valence-electron chi connectivity index (χ2n) is 15.9. The number of pyridine rings is 1. The van der Waals surface area contributed by atoms with Crippen LogP contribution in [0.4, 0.5) is 11.4 Å². The fourth-order valence-corrected chi connectivity index (χ4v) is 10.4. The molecule has 1 amide bonds. The van der Waals surface area contributed by atoms with Crippen LogP contribution in [-0.2, 0) is 11.2 Å². The van der Waals surface area contributed by atoms with Crippen molar-refractivity contribution in [3.63, 3.8) is 0 Å². The quantitative estimate of drug-likeness (QED) is 0.189. The molecule has 304 valence electrons. The number of hydrogen-bond acceptors (Lipinski definition) is 7. The minimum atomic E-state index is -0.555. The molecule has 2 fully saturated rings. The topological polar surface area (TPSA) is 70.2 Å². The highest BCUT2D eigenvalue weighted by molar-refractivity contribution is 8.13. The molecule has 1 aliphatic carbocycles. The van der Waals surface area contributed by atoms with Crippen LogP contribution >= 0.6 is 22.3 Å². The Bertz CT molecular complexity index is 1820. The number of amides is 1. The van der Waals surface area contributed by atoms with E-state index in [1.54, 1.807) is 0 Å². The largest absolute Gasteiger partial charge is 0.491 e. The van der Waals surface area contributed by atoms with Crippen molar-refractivity contribution >= 4 is 45.4 Å². The Morgan fingerprint density at radius 1 is 1.02 bits per heavy atom. The SMILES string of the molecule is C=S1NC(=O)c2ccc3c(c2)N(CC(c2ccc(Cl)cc2CCC)CO3)CC2CCC2C(CN2CCN(c3ccncc3)CC2)(OC)/C=C/CC(C)C1C.CC. The average Bonchev–Trinajstić information content (AvgIpc) is 3.39. The molecule has 7 atom stereocenters. The highest BCUT2D eigenvalue weighted by Gasteiger charge is 2.48. The van der Waals surface area contributed by atoms with Crippen molar-refractivity contribution in [2.45, 2.75) is 83.5 Å². The number of carbonyl (C=O) groups is 1. The Hall–Kier alpha value is -3.37. The summed E-state index contributed by atoms with van der Waals surface area (Å²) < 4.78 is 16.7. The fraction of sp³-hybridized carbons (Fsp3) is 0.543. The number of methoxy groups -OCH3 is 1. The van der Waals surface area contributed by atoms with Crippen molar-refractivity contribution < 1.29 is 14.3 Å². The van der Waals surface area contributed by atoms with Gasteiger partial charge >= 0.3 is 0 Å². The first-order valence-electron chi connectivity index (χ1n) is 20.9. The van der Waals surface area contributed by atoms with E-state index in [4.69, 9.17) is 21.1 Å². The summed E-state index contributed by atoms with van der Waals surface area (Å²) in [7, 11) is 1.37. The van der Waals surface area contributed by atoms with Crippen molar-refractivity contribution in [1.82, 2.24) is 14.6 Å². The molecule has 1 N–H and O–H groups in total. The minimum Gasteiger partial charge on any atom is -0.491 e. The fourth-order valence-electron chi connectivity index (χ4n) is 9.04. The first-order valence-corrected chi connectivity index (χ1v) is 22.8. The van der Waals surface area contributed by atoms with Crippen LogP contribution in [0.2, 0.25) is 5.02 Å². The highest BCUT2D eigenvalue weighted by atomic mass is 35.5. The number of allylic oxidation sites excluding steroid dienone is 1. The molecule has 1 saturated heterocycles. The summed E-state index contributed by atoms with van der Waals surface area (Å²) in [6, 6.07) is 16.5. The van der Waals surface area contributed by atoms with Gasteiger partial charge in [0.2, 0.25) is 0 Å². The van der Waals surface area contributed by atoms with Crippen LogP contribution in [0.1, 0.15) is 87.7 Å². The van der Waals surface area contributed by atoms with Crippen LogP contribution in [-0.4, -0.2) is 92.0 Å². The van der Waals surface area contributed by atoms with Crippen LogP contribution in [0, 0.1) is 17.8 Å². The first-order chi connectivity index (χ1) is 27.2. The Labute approximate surface area is 344 Å². The molecule has 3 aromatic rings. The van der Waals surface area contributed by atoms with Crippen LogP contribution < -0.4 is 19.3 Å². The van der Waals surface area contributed by atoms with Gasteiger partial charge in [-0.3, -0.25) is 14.7 Å². The molecule has 2 bridgehead atoms. The van der Waals surface area contributed by atoms with Gasteiger partial charge < -0.3 is 24.0 Å². The van der Waals surface area contributed by atoms with Gasteiger partial charge in [-0.25, -0.2) is 0 Å². The number of aryl methyl sites for hydroxylation is 1. The van der Waals surface area contributed by atoms with Crippen LogP contribution in [0.5, 0.6) is 5.75 Å². The summed E-state index contributed by atoms with van der Waals surface area (Å²) in [5.41, 5.74) is 5.05. The molecule has 7 rings (SSSR count). The number of piperazine rings is 1.